The van der Waals surface area contributed by atoms with Gasteiger partial charge in [-0.1, -0.05) is 13.8 Å². The van der Waals surface area contributed by atoms with Gasteiger partial charge in [0.05, 0.1) is 12.3 Å². The van der Waals surface area contributed by atoms with E-state index < -0.39 is 16.6 Å². The Kier molecular flexibility index (Phi) is 5.11. The summed E-state index contributed by atoms with van der Waals surface area (Å²) in [7, 11) is -2.07. The summed E-state index contributed by atoms with van der Waals surface area (Å²) < 4.78 is 26.5. The van der Waals surface area contributed by atoms with Crippen LogP contribution < -0.4 is 0 Å². The van der Waals surface area contributed by atoms with Crippen LogP contribution in [0.25, 0.3) is 0 Å². The van der Waals surface area contributed by atoms with Gasteiger partial charge in [-0.3, -0.25) is 5.10 Å². The van der Waals surface area contributed by atoms with Crippen LogP contribution in [0.15, 0.2) is 4.90 Å². The highest BCUT2D eigenvalue weighted by Gasteiger charge is 2.31. The number of nitrogens with zero attached hydrogens (tertiary/aromatic N) is 2. The molecule has 110 valence electrons. The lowest BCUT2D eigenvalue weighted by Gasteiger charge is -2.25. The summed E-state index contributed by atoms with van der Waals surface area (Å²) >= 11 is 0. The van der Waals surface area contributed by atoms with Crippen LogP contribution in [0, 0.1) is 12.8 Å². The maximum absolute atomic E-state index is 12.6. The van der Waals surface area contributed by atoms with Gasteiger partial charge >= 0.3 is 0 Å². The second-order valence-corrected chi connectivity index (χ2v) is 7.22. The second-order valence-electron chi connectivity index (χ2n) is 5.28. The second kappa shape index (κ2) is 6.02. The van der Waals surface area contributed by atoms with Gasteiger partial charge < -0.3 is 5.11 Å². The third-order valence-electron chi connectivity index (χ3n) is 3.18. The van der Waals surface area contributed by atoms with Crippen molar-refractivity contribution in [3.8, 4) is 0 Å². The molecule has 0 amide bonds. The first-order chi connectivity index (χ1) is 8.71. The number of sulfonamides is 1. The van der Waals surface area contributed by atoms with Crippen LogP contribution in [0.1, 0.15) is 38.6 Å². The Labute approximate surface area is 114 Å². The highest BCUT2D eigenvalue weighted by Crippen LogP contribution is 2.24. The smallest absolute Gasteiger partial charge is 0.246 e. The zero-order chi connectivity index (χ0) is 14.8. The van der Waals surface area contributed by atoms with E-state index in [9.17, 15) is 13.5 Å². The van der Waals surface area contributed by atoms with Crippen LogP contribution in [0.2, 0.25) is 0 Å². The van der Waals surface area contributed by atoms with Gasteiger partial charge in [-0.05, 0) is 26.2 Å². The molecule has 0 aliphatic rings. The van der Waals surface area contributed by atoms with Crippen molar-refractivity contribution in [3.05, 3.63) is 11.4 Å². The molecule has 2 N–H and O–H groups in total. The number of hydrogen-bond donors (Lipinski definition) is 2. The van der Waals surface area contributed by atoms with Crippen molar-refractivity contribution in [1.82, 2.24) is 14.5 Å². The van der Waals surface area contributed by atoms with Crippen molar-refractivity contribution < 1.29 is 13.5 Å². The largest absolute Gasteiger partial charge is 0.390 e. The van der Waals surface area contributed by atoms with E-state index in [2.05, 4.69) is 24.0 Å². The van der Waals surface area contributed by atoms with E-state index in [1.165, 1.54) is 4.31 Å². The lowest BCUT2D eigenvalue weighted by molar-refractivity contribution is 0.272. The maximum atomic E-state index is 12.6. The standard InChI is InChI=1S/C12H23N3O3S/c1-8(2)6-9(3)15(5)19(17,18)12-10(4)13-14-11(12)7-16/h8-9,16H,6-7H2,1-5H3,(H,13,14). The average Bonchev–Trinajstić information content (AvgIpc) is 2.68. The molecule has 0 fully saturated rings. The van der Waals surface area contributed by atoms with Gasteiger partial charge in [0, 0.05) is 13.1 Å². The molecule has 0 aromatic carbocycles. The summed E-state index contributed by atoms with van der Waals surface area (Å²) in [5.74, 6) is 0.412. The third-order valence-corrected chi connectivity index (χ3v) is 5.36. The molecule has 1 atom stereocenters. The molecule has 19 heavy (non-hydrogen) atoms. The Morgan fingerprint density at radius 1 is 1.37 bits per heavy atom. The van der Waals surface area contributed by atoms with E-state index in [0.717, 1.165) is 6.42 Å². The average molecular weight is 289 g/mol. The monoisotopic (exact) mass is 289 g/mol. The van der Waals surface area contributed by atoms with Crippen LogP contribution >= 0.6 is 0 Å². The number of nitrogens with one attached hydrogen (secondary N) is 1. The number of H-pyrrole nitrogens is 1. The van der Waals surface area contributed by atoms with Crippen molar-refractivity contribution in [2.45, 2.75) is 51.7 Å². The molecule has 1 unspecified atom stereocenters. The SMILES string of the molecule is Cc1[nH]nc(CO)c1S(=O)(=O)N(C)C(C)CC(C)C. The van der Waals surface area contributed by atoms with Crippen molar-refractivity contribution in [2.24, 2.45) is 5.92 Å². The van der Waals surface area contributed by atoms with Crippen LogP contribution in [-0.2, 0) is 16.6 Å². The fourth-order valence-electron chi connectivity index (χ4n) is 2.13. The number of aliphatic hydroxyl groups excluding tert-OH is 1. The number of rotatable bonds is 6. The first kappa shape index (κ1) is 16.1. The van der Waals surface area contributed by atoms with Crippen LogP contribution in [-0.4, -0.2) is 41.1 Å². The molecule has 0 saturated carbocycles. The van der Waals surface area contributed by atoms with Crippen LogP contribution in [0.3, 0.4) is 0 Å². The van der Waals surface area contributed by atoms with Crippen molar-refractivity contribution in [2.75, 3.05) is 7.05 Å². The van der Waals surface area contributed by atoms with Gasteiger partial charge in [0.1, 0.15) is 10.6 Å². The summed E-state index contributed by atoms with van der Waals surface area (Å²) in [6, 6.07) is -0.106. The van der Waals surface area contributed by atoms with Crippen molar-refractivity contribution in [1.29, 1.82) is 0 Å². The Balaban J connectivity index is 3.13. The number of hydrogen-bond acceptors (Lipinski definition) is 4. The van der Waals surface area contributed by atoms with E-state index in [-0.39, 0.29) is 16.6 Å². The Morgan fingerprint density at radius 2 is 1.95 bits per heavy atom. The van der Waals surface area contributed by atoms with Crippen molar-refractivity contribution in [3.63, 3.8) is 0 Å². The molecule has 1 heterocycles. The van der Waals surface area contributed by atoms with Gasteiger partial charge in [0.25, 0.3) is 0 Å². The third kappa shape index (κ3) is 3.34. The lowest BCUT2D eigenvalue weighted by Crippen LogP contribution is -2.36. The fourth-order valence-corrected chi connectivity index (χ4v) is 3.82. The molecule has 0 bridgehead atoms. The Bertz CT molecular complexity index is 522. The summed E-state index contributed by atoms with van der Waals surface area (Å²) in [5.41, 5.74) is 0.619. The summed E-state index contributed by atoms with van der Waals surface area (Å²) in [5, 5.41) is 15.6. The topological polar surface area (TPSA) is 86.3 Å². The lowest BCUT2D eigenvalue weighted by atomic mass is 10.1. The molecule has 7 heteroatoms. The van der Waals surface area contributed by atoms with Gasteiger partial charge in [-0.2, -0.15) is 9.40 Å². The van der Waals surface area contributed by atoms with Crippen LogP contribution in [0.5, 0.6) is 0 Å². The predicted octanol–water partition coefficient (Wildman–Crippen LogP) is 1.27. The maximum Gasteiger partial charge on any atom is 0.246 e. The first-order valence-corrected chi connectivity index (χ1v) is 7.78. The van der Waals surface area contributed by atoms with E-state index in [0.29, 0.717) is 11.6 Å². The summed E-state index contributed by atoms with van der Waals surface area (Å²) in [6.07, 6.45) is 0.779. The van der Waals surface area contributed by atoms with Gasteiger partial charge in [0.2, 0.25) is 10.0 Å². The Morgan fingerprint density at radius 3 is 2.42 bits per heavy atom. The predicted molar refractivity (Wildman–Crippen MR) is 73.1 cm³/mol. The normalized spacial score (nSPS) is 14.3. The summed E-state index contributed by atoms with van der Waals surface area (Å²) in [6.45, 7) is 7.23. The fraction of sp³-hybridized carbons (Fsp3) is 0.750. The van der Waals surface area contributed by atoms with E-state index in [1.54, 1.807) is 14.0 Å². The van der Waals surface area contributed by atoms with E-state index >= 15 is 0 Å². The molecule has 0 saturated heterocycles. The van der Waals surface area contributed by atoms with Crippen LogP contribution in [0.4, 0.5) is 0 Å². The molecule has 1 rings (SSSR count). The highest BCUT2D eigenvalue weighted by atomic mass is 32.2. The minimum Gasteiger partial charge on any atom is -0.390 e. The number of aromatic nitrogens is 2. The van der Waals surface area contributed by atoms with Gasteiger partial charge in [-0.15, -0.1) is 0 Å². The van der Waals surface area contributed by atoms with E-state index in [4.69, 9.17) is 0 Å². The molecule has 6 nitrogen and oxygen atoms in total. The van der Waals surface area contributed by atoms with E-state index in [1.807, 2.05) is 6.92 Å². The van der Waals surface area contributed by atoms with Crippen molar-refractivity contribution >= 4 is 10.0 Å². The molecular formula is C12H23N3O3S. The number of aromatic amines is 1. The molecular weight excluding hydrogens is 266 g/mol. The molecule has 1 aromatic heterocycles. The minimum absolute atomic E-state index is 0.0908. The molecule has 0 spiro atoms. The van der Waals surface area contributed by atoms with Gasteiger partial charge in [0.15, 0.2) is 0 Å². The summed E-state index contributed by atoms with van der Waals surface area (Å²) in [4.78, 5) is 0.0908. The molecule has 0 aliphatic carbocycles. The Hall–Kier alpha value is -0.920. The highest BCUT2D eigenvalue weighted by molar-refractivity contribution is 7.89. The molecule has 0 aliphatic heterocycles. The molecule has 0 radical (unpaired) electrons. The zero-order valence-electron chi connectivity index (χ0n) is 12.1. The molecule has 1 aromatic rings. The number of aliphatic hydroxyl groups is 1. The first-order valence-electron chi connectivity index (χ1n) is 6.34. The quantitative estimate of drug-likeness (QED) is 0.825. The minimum atomic E-state index is -3.63. The van der Waals surface area contributed by atoms with Gasteiger partial charge in [-0.25, -0.2) is 8.42 Å². The number of aryl methyl sites for hydroxylation is 1. The zero-order valence-corrected chi connectivity index (χ0v) is 13.0.